The van der Waals surface area contributed by atoms with Gasteiger partial charge >= 0.3 is 11.9 Å². The van der Waals surface area contributed by atoms with Crippen LogP contribution in [0.3, 0.4) is 0 Å². The van der Waals surface area contributed by atoms with E-state index < -0.39 is 11.9 Å². The highest BCUT2D eigenvalue weighted by molar-refractivity contribution is 9.09. The Labute approximate surface area is 121 Å². The van der Waals surface area contributed by atoms with Gasteiger partial charge in [-0.25, -0.2) is 4.79 Å². The lowest BCUT2D eigenvalue weighted by Crippen LogP contribution is -2.11. The number of hydrogen-bond acceptors (Lipinski definition) is 4. The maximum absolute atomic E-state index is 11.9. The van der Waals surface area contributed by atoms with Gasteiger partial charge in [-0.05, 0) is 31.4 Å². The first-order chi connectivity index (χ1) is 9.15. The van der Waals surface area contributed by atoms with E-state index in [0.29, 0.717) is 6.61 Å². The molecule has 0 saturated carbocycles. The summed E-state index contributed by atoms with van der Waals surface area (Å²) in [6.07, 6.45) is 2.89. The van der Waals surface area contributed by atoms with Gasteiger partial charge in [-0.1, -0.05) is 28.1 Å². The summed E-state index contributed by atoms with van der Waals surface area (Å²) in [7, 11) is 0. The standard InChI is InChI=1S/C14H17BrO4/c1-11(16)19-13-8-4-3-7-12(13)14(17)18-10-6-2-5-9-15/h3-4,7-8H,2,5-6,9-10H2,1H3. The second-order valence-corrected chi connectivity index (χ2v) is 4.77. The molecule has 5 heteroatoms. The lowest BCUT2D eigenvalue weighted by atomic mass is 10.2. The Morgan fingerprint density at radius 1 is 1.16 bits per heavy atom. The highest BCUT2D eigenvalue weighted by Gasteiger charge is 2.14. The van der Waals surface area contributed by atoms with Crippen LogP contribution in [0.1, 0.15) is 36.5 Å². The Morgan fingerprint density at radius 2 is 1.89 bits per heavy atom. The van der Waals surface area contributed by atoms with Crippen molar-refractivity contribution in [2.45, 2.75) is 26.2 Å². The number of hydrogen-bond donors (Lipinski definition) is 0. The van der Waals surface area contributed by atoms with E-state index in [1.54, 1.807) is 24.3 Å². The molecular weight excluding hydrogens is 312 g/mol. The van der Waals surface area contributed by atoms with Crippen molar-refractivity contribution in [3.63, 3.8) is 0 Å². The number of carbonyl (C=O) groups is 2. The molecule has 0 unspecified atom stereocenters. The van der Waals surface area contributed by atoms with Gasteiger partial charge in [0.25, 0.3) is 0 Å². The quantitative estimate of drug-likeness (QED) is 0.333. The van der Waals surface area contributed by atoms with E-state index in [1.807, 2.05) is 0 Å². The van der Waals surface area contributed by atoms with Crippen LogP contribution in [0.5, 0.6) is 5.75 Å². The molecule has 0 saturated heterocycles. The molecule has 0 amide bonds. The van der Waals surface area contributed by atoms with Gasteiger partial charge in [-0.15, -0.1) is 0 Å². The fraction of sp³-hybridized carbons (Fsp3) is 0.429. The predicted molar refractivity (Wildman–Crippen MR) is 75.7 cm³/mol. The fourth-order valence-corrected chi connectivity index (χ4v) is 1.89. The molecule has 0 fully saturated rings. The molecule has 1 rings (SSSR count). The average Bonchev–Trinajstić information content (AvgIpc) is 2.38. The highest BCUT2D eigenvalue weighted by atomic mass is 79.9. The van der Waals surface area contributed by atoms with Gasteiger partial charge in [0.15, 0.2) is 0 Å². The Hall–Kier alpha value is -1.36. The molecule has 0 spiro atoms. The molecule has 1 aromatic rings. The lowest BCUT2D eigenvalue weighted by Gasteiger charge is -2.08. The molecule has 19 heavy (non-hydrogen) atoms. The van der Waals surface area contributed by atoms with E-state index in [0.717, 1.165) is 24.6 Å². The van der Waals surface area contributed by atoms with Gasteiger partial charge in [-0.3, -0.25) is 4.79 Å². The summed E-state index contributed by atoms with van der Waals surface area (Å²) in [5.41, 5.74) is 0.276. The molecular formula is C14H17BrO4. The van der Waals surface area contributed by atoms with Crippen LogP contribution in [-0.4, -0.2) is 23.9 Å². The van der Waals surface area contributed by atoms with E-state index in [4.69, 9.17) is 9.47 Å². The number of ether oxygens (including phenoxy) is 2. The molecule has 0 aliphatic rings. The van der Waals surface area contributed by atoms with Crippen LogP contribution < -0.4 is 4.74 Å². The van der Waals surface area contributed by atoms with Crippen molar-refractivity contribution in [2.75, 3.05) is 11.9 Å². The molecule has 0 aromatic heterocycles. The third-order valence-electron chi connectivity index (χ3n) is 2.37. The minimum Gasteiger partial charge on any atom is -0.462 e. The van der Waals surface area contributed by atoms with E-state index in [2.05, 4.69) is 15.9 Å². The van der Waals surface area contributed by atoms with Crippen LogP contribution >= 0.6 is 15.9 Å². The monoisotopic (exact) mass is 328 g/mol. The maximum Gasteiger partial charge on any atom is 0.341 e. The zero-order valence-electron chi connectivity index (χ0n) is 10.9. The Kier molecular flexibility index (Phi) is 7.18. The Morgan fingerprint density at radius 3 is 2.58 bits per heavy atom. The topological polar surface area (TPSA) is 52.6 Å². The smallest absolute Gasteiger partial charge is 0.341 e. The average molecular weight is 329 g/mol. The third-order valence-corrected chi connectivity index (χ3v) is 2.93. The van der Waals surface area contributed by atoms with Gasteiger partial charge in [0.05, 0.1) is 6.61 Å². The summed E-state index contributed by atoms with van der Waals surface area (Å²) in [5.74, 6) is -0.686. The van der Waals surface area contributed by atoms with Crippen LogP contribution in [0.25, 0.3) is 0 Å². The minimum atomic E-state index is -0.462. The molecule has 104 valence electrons. The van der Waals surface area contributed by atoms with E-state index in [9.17, 15) is 9.59 Å². The van der Waals surface area contributed by atoms with Crippen LogP contribution in [0.4, 0.5) is 0 Å². The second kappa shape index (κ2) is 8.69. The van der Waals surface area contributed by atoms with Crippen LogP contribution in [0.15, 0.2) is 24.3 Å². The van der Waals surface area contributed by atoms with Crippen LogP contribution in [-0.2, 0) is 9.53 Å². The summed E-state index contributed by atoms with van der Waals surface area (Å²) < 4.78 is 10.1. The Balaban J connectivity index is 2.54. The van der Waals surface area contributed by atoms with Crippen molar-refractivity contribution in [2.24, 2.45) is 0 Å². The zero-order chi connectivity index (χ0) is 14.1. The molecule has 0 aliphatic heterocycles. The van der Waals surface area contributed by atoms with E-state index in [1.165, 1.54) is 6.92 Å². The van der Waals surface area contributed by atoms with Gasteiger partial charge in [0, 0.05) is 12.3 Å². The molecule has 0 aliphatic carbocycles. The number of rotatable bonds is 7. The number of carbonyl (C=O) groups excluding carboxylic acids is 2. The number of halogens is 1. The van der Waals surface area contributed by atoms with Gasteiger partial charge in [-0.2, -0.15) is 0 Å². The summed E-state index contributed by atoms with van der Waals surface area (Å²) >= 11 is 3.34. The molecule has 0 heterocycles. The zero-order valence-corrected chi connectivity index (χ0v) is 12.4. The number of esters is 2. The summed E-state index contributed by atoms with van der Waals surface area (Å²) in [4.78, 5) is 22.8. The summed E-state index contributed by atoms with van der Waals surface area (Å²) in [5, 5.41) is 0.955. The minimum absolute atomic E-state index is 0.237. The van der Waals surface area contributed by atoms with Gasteiger partial charge < -0.3 is 9.47 Å². The SMILES string of the molecule is CC(=O)Oc1ccccc1C(=O)OCCCCCBr. The van der Waals surface area contributed by atoms with Crippen molar-refractivity contribution < 1.29 is 19.1 Å². The molecule has 0 bridgehead atoms. The van der Waals surface area contributed by atoms with Crippen molar-refractivity contribution >= 4 is 27.9 Å². The number of para-hydroxylation sites is 1. The highest BCUT2D eigenvalue weighted by Crippen LogP contribution is 2.19. The normalized spacial score (nSPS) is 10.0. The van der Waals surface area contributed by atoms with E-state index in [-0.39, 0.29) is 11.3 Å². The van der Waals surface area contributed by atoms with Crippen LogP contribution in [0, 0.1) is 0 Å². The first-order valence-corrected chi connectivity index (χ1v) is 7.28. The maximum atomic E-state index is 11.9. The van der Waals surface area contributed by atoms with Crippen molar-refractivity contribution in [1.82, 2.24) is 0 Å². The third kappa shape index (κ3) is 5.87. The largest absolute Gasteiger partial charge is 0.462 e. The van der Waals surface area contributed by atoms with Crippen molar-refractivity contribution in [3.8, 4) is 5.75 Å². The molecule has 0 radical (unpaired) electrons. The van der Waals surface area contributed by atoms with E-state index >= 15 is 0 Å². The fourth-order valence-electron chi connectivity index (χ4n) is 1.50. The van der Waals surface area contributed by atoms with Crippen molar-refractivity contribution in [3.05, 3.63) is 29.8 Å². The van der Waals surface area contributed by atoms with Gasteiger partial charge in [0.2, 0.25) is 0 Å². The first kappa shape index (κ1) is 15.7. The molecule has 1 aromatic carbocycles. The summed E-state index contributed by atoms with van der Waals surface area (Å²) in [6, 6.07) is 6.56. The number of unbranched alkanes of at least 4 members (excludes halogenated alkanes) is 2. The second-order valence-electron chi connectivity index (χ2n) is 3.98. The predicted octanol–water partition coefficient (Wildman–Crippen LogP) is 3.33. The Bertz CT molecular complexity index is 431. The van der Waals surface area contributed by atoms with Crippen LogP contribution in [0.2, 0.25) is 0 Å². The molecule has 4 nitrogen and oxygen atoms in total. The van der Waals surface area contributed by atoms with Crippen molar-refractivity contribution in [1.29, 1.82) is 0 Å². The molecule has 0 atom stereocenters. The summed E-state index contributed by atoms with van der Waals surface area (Å²) in [6.45, 7) is 1.67. The van der Waals surface area contributed by atoms with Gasteiger partial charge in [0.1, 0.15) is 11.3 Å². The first-order valence-electron chi connectivity index (χ1n) is 6.15. The number of benzene rings is 1. The number of alkyl halides is 1. The lowest BCUT2D eigenvalue weighted by molar-refractivity contribution is -0.131. The molecule has 0 N–H and O–H groups in total.